The topological polar surface area (TPSA) is 55.1 Å². The molecule has 0 aliphatic rings. The van der Waals surface area contributed by atoms with Crippen LogP contribution in [0.3, 0.4) is 0 Å². The first-order chi connectivity index (χ1) is 10.3. The van der Waals surface area contributed by atoms with E-state index in [4.69, 9.17) is 4.42 Å². The smallest absolute Gasteiger partial charge is 0.261 e. The van der Waals surface area contributed by atoms with Gasteiger partial charge in [-0.2, -0.15) is 0 Å². The Morgan fingerprint density at radius 3 is 2.86 bits per heavy atom. The third-order valence-corrected chi connectivity index (χ3v) is 3.95. The highest BCUT2D eigenvalue weighted by Gasteiger charge is 2.19. The molecule has 3 heterocycles. The van der Waals surface area contributed by atoms with Gasteiger partial charge in [-0.15, -0.1) is 11.3 Å². The summed E-state index contributed by atoms with van der Waals surface area (Å²) in [6, 6.07) is 12.9. The zero-order chi connectivity index (χ0) is 14.5. The minimum absolute atomic E-state index is 0.0905. The number of thiophene rings is 1. The Labute approximate surface area is 126 Å². The van der Waals surface area contributed by atoms with Crippen LogP contribution in [0.15, 0.2) is 64.7 Å². The Morgan fingerprint density at radius 2 is 2.19 bits per heavy atom. The minimum atomic E-state index is -0.216. The summed E-state index contributed by atoms with van der Waals surface area (Å²) in [5.41, 5.74) is 0.818. The van der Waals surface area contributed by atoms with E-state index in [0.29, 0.717) is 11.3 Å². The molecule has 0 saturated heterocycles. The Balaban J connectivity index is 1.80. The van der Waals surface area contributed by atoms with Gasteiger partial charge >= 0.3 is 0 Å². The number of hydrogen-bond acceptors (Lipinski definition) is 4. The van der Waals surface area contributed by atoms with Crippen LogP contribution >= 0.6 is 11.3 Å². The lowest BCUT2D eigenvalue weighted by Crippen LogP contribution is -2.29. The van der Waals surface area contributed by atoms with E-state index in [2.05, 4.69) is 10.3 Å². The van der Waals surface area contributed by atoms with Gasteiger partial charge in [-0.1, -0.05) is 12.1 Å². The van der Waals surface area contributed by atoms with E-state index in [1.165, 1.54) is 11.3 Å². The molecule has 0 aliphatic carbocycles. The van der Waals surface area contributed by atoms with Crippen molar-refractivity contribution in [2.24, 2.45) is 0 Å². The van der Waals surface area contributed by atoms with Crippen molar-refractivity contribution >= 4 is 17.2 Å². The van der Waals surface area contributed by atoms with Crippen LogP contribution in [0, 0.1) is 0 Å². The van der Waals surface area contributed by atoms with Crippen molar-refractivity contribution in [1.29, 1.82) is 0 Å². The molecule has 3 rings (SSSR count). The number of pyridine rings is 1. The maximum Gasteiger partial charge on any atom is 0.261 e. The summed E-state index contributed by atoms with van der Waals surface area (Å²) in [6.45, 7) is 0. The van der Waals surface area contributed by atoms with Crippen molar-refractivity contribution < 1.29 is 9.21 Å². The molecule has 3 aromatic rings. The van der Waals surface area contributed by atoms with E-state index in [0.717, 1.165) is 11.5 Å². The SMILES string of the molecule is O=C(NC(Cc1ccco1)c1ccccn1)c1cccs1. The number of nitrogens with one attached hydrogen (secondary N) is 1. The van der Waals surface area contributed by atoms with Crippen LogP contribution in [-0.2, 0) is 6.42 Å². The van der Waals surface area contributed by atoms with Crippen molar-refractivity contribution in [3.8, 4) is 0 Å². The first-order valence-electron chi connectivity index (χ1n) is 6.60. The normalized spacial score (nSPS) is 12.0. The second-order valence-electron chi connectivity index (χ2n) is 4.54. The number of hydrogen-bond donors (Lipinski definition) is 1. The molecule has 0 fully saturated rings. The molecule has 1 unspecified atom stereocenters. The zero-order valence-corrected chi connectivity index (χ0v) is 12.0. The second kappa shape index (κ2) is 6.37. The van der Waals surface area contributed by atoms with Gasteiger partial charge < -0.3 is 9.73 Å². The van der Waals surface area contributed by atoms with Crippen LogP contribution in [0.4, 0.5) is 0 Å². The van der Waals surface area contributed by atoms with Crippen LogP contribution in [0.2, 0.25) is 0 Å². The molecule has 0 radical (unpaired) electrons. The lowest BCUT2D eigenvalue weighted by atomic mass is 10.1. The predicted molar refractivity (Wildman–Crippen MR) is 81.2 cm³/mol. The zero-order valence-electron chi connectivity index (χ0n) is 11.2. The van der Waals surface area contributed by atoms with E-state index in [-0.39, 0.29) is 11.9 Å². The predicted octanol–water partition coefficient (Wildman–Crippen LogP) is 3.45. The number of amides is 1. The molecule has 1 N–H and O–H groups in total. The molecule has 4 nitrogen and oxygen atoms in total. The number of carbonyl (C=O) groups excluding carboxylic acids is 1. The molecular weight excluding hydrogens is 284 g/mol. The number of aromatic nitrogens is 1. The van der Waals surface area contributed by atoms with Crippen LogP contribution in [0.1, 0.15) is 27.2 Å². The monoisotopic (exact) mass is 298 g/mol. The van der Waals surface area contributed by atoms with Crippen LogP contribution < -0.4 is 5.32 Å². The van der Waals surface area contributed by atoms with Crippen molar-refractivity contribution in [2.75, 3.05) is 0 Å². The fourth-order valence-corrected chi connectivity index (χ4v) is 2.71. The van der Waals surface area contributed by atoms with Crippen molar-refractivity contribution in [3.63, 3.8) is 0 Å². The Kier molecular flexibility index (Phi) is 4.12. The van der Waals surface area contributed by atoms with E-state index >= 15 is 0 Å². The van der Waals surface area contributed by atoms with Crippen LogP contribution in [0.25, 0.3) is 0 Å². The van der Waals surface area contributed by atoms with Gasteiger partial charge in [-0.25, -0.2) is 0 Å². The molecule has 3 aromatic heterocycles. The van der Waals surface area contributed by atoms with Crippen LogP contribution in [0.5, 0.6) is 0 Å². The van der Waals surface area contributed by atoms with Gasteiger partial charge in [0.25, 0.3) is 5.91 Å². The lowest BCUT2D eigenvalue weighted by molar-refractivity contribution is 0.0939. The van der Waals surface area contributed by atoms with E-state index in [9.17, 15) is 4.79 Å². The van der Waals surface area contributed by atoms with Crippen LogP contribution in [-0.4, -0.2) is 10.9 Å². The molecule has 1 amide bonds. The molecule has 0 bridgehead atoms. The van der Waals surface area contributed by atoms with Crippen molar-refractivity contribution in [3.05, 3.63) is 76.6 Å². The fourth-order valence-electron chi connectivity index (χ4n) is 2.08. The average molecular weight is 298 g/mol. The molecule has 5 heteroatoms. The fraction of sp³-hybridized carbons (Fsp3) is 0.125. The van der Waals surface area contributed by atoms with Gasteiger partial charge in [0.15, 0.2) is 0 Å². The third kappa shape index (κ3) is 3.38. The Morgan fingerprint density at radius 1 is 1.24 bits per heavy atom. The quantitative estimate of drug-likeness (QED) is 0.785. The summed E-state index contributed by atoms with van der Waals surface area (Å²) in [6.07, 6.45) is 3.93. The largest absolute Gasteiger partial charge is 0.469 e. The molecule has 21 heavy (non-hydrogen) atoms. The summed E-state index contributed by atoms with van der Waals surface area (Å²) in [4.78, 5) is 17.3. The standard InChI is InChI=1S/C16H14N2O2S/c19-16(15-7-4-10-21-15)18-14(11-12-5-3-9-20-12)13-6-1-2-8-17-13/h1-10,14H,11H2,(H,18,19). The lowest BCUT2D eigenvalue weighted by Gasteiger charge is -2.16. The molecule has 1 atom stereocenters. The minimum Gasteiger partial charge on any atom is -0.469 e. The Bertz CT molecular complexity index is 678. The highest BCUT2D eigenvalue weighted by atomic mass is 32.1. The molecule has 0 saturated carbocycles. The van der Waals surface area contributed by atoms with Gasteiger partial charge in [-0.3, -0.25) is 9.78 Å². The summed E-state index contributed by atoms with van der Waals surface area (Å²) in [5.74, 6) is 0.726. The molecule has 0 aliphatic heterocycles. The number of rotatable bonds is 5. The maximum atomic E-state index is 12.3. The van der Waals surface area contributed by atoms with Gasteiger partial charge in [0.1, 0.15) is 5.76 Å². The molecule has 106 valence electrons. The van der Waals surface area contributed by atoms with E-state index in [1.807, 2.05) is 47.8 Å². The average Bonchev–Trinajstić information content (AvgIpc) is 3.21. The molecule has 0 aromatic carbocycles. The van der Waals surface area contributed by atoms with E-state index in [1.54, 1.807) is 12.5 Å². The van der Waals surface area contributed by atoms with Gasteiger partial charge in [-0.05, 0) is 35.7 Å². The summed E-state index contributed by atoms with van der Waals surface area (Å²) in [5, 5.41) is 4.91. The molecular formula is C16H14N2O2S. The Hall–Kier alpha value is -2.40. The van der Waals surface area contributed by atoms with Crippen molar-refractivity contribution in [1.82, 2.24) is 10.3 Å². The first-order valence-corrected chi connectivity index (χ1v) is 7.48. The van der Waals surface area contributed by atoms with Gasteiger partial charge in [0, 0.05) is 12.6 Å². The molecule has 0 spiro atoms. The van der Waals surface area contributed by atoms with E-state index < -0.39 is 0 Å². The third-order valence-electron chi connectivity index (χ3n) is 3.08. The number of furan rings is 1. The van der Waals surface area contributed by atoms with Gasteiger partial charge in [0.2, 0.25) is 0 Å². The number of carbonyl (C=O) groups is 1. The summed E-state index contributed by atoms with van der Waals surface area (Å²) >= 11 is 1.42. The van der Waals surface area contributed by atoms with Crippen molar-refractivity contribution in [2.45, 2.75) is 12.5 Å². The highest BCUT2D eigenvalue weighted by molar-refractivity contribution is 7.12. The summed E-state index contributed by atoms with van der Waals surface area (Å²) < 4.78 is 5.38. The number of nitrogens with zero attached hydrogens (tertiary/aromatic N) is 1. The maximum absolute atomic E-state index is 12.3. The van der Waals surface area contributed by atoms with Gasteiger partial charge in [0.05, 0.1) is 22.9 Å². The second-order valence-corrected chi connectivity index (χ2v) is 5.49. The first kappa shape index (κ1) is 13.6. The summed E-state index contributed by atoms with van der Waals surface area (Å²) in [7, 11) is 0. The highest BCUT2D eigenvalue weighted by Crippen LogP contribution is 2.18.